The van der Waals surface area contributed by atoms with Crippen LogP contribution in [0.2, 0.25) is 5.02 Å². The van der Waals surface area contributed by atoms with E-state index >= 15 is 0 Å². The Bertz CT molecular complexity index is 674. The van der Waals surface area contributed by atoms with Crippen molar-refractivity contribution in [3.05, 3.63) is 33.3 Å². The quantitative estimate of drug-likeness (QED) is 0.670. The van der Waals surface area contributed by atoms with Crippen molar-refractivity contribution in [1.82, 2.24) is 4.31 Å². The van der Waals surface area contributed by atoms with Crippen molar-refractivity contribution < 1.29 is 18.4 Å². The predicted molar refractivity (Wildman–Crippen MR) is 76.7 cm³/mol. The third-order valence-corrected chi connectivity index (χ3v) is 5.71. The first-order valence-corrected chi connectivity index (χ1v) is 8.12. The van der Waals surface area contributed by atoms with Gasteiger partial charge in [0.1, 0.15) is 4.90 Å². The number of hydrogen-bond donors (Lipinski definition) is 1. The SMILES string of the molecule is CC1(O)CCCN(S(=O)(=O)c2cc([N+](=O)[O-])ccc2Cl)C1. The van der Waals surface area contributed by atoms with Gasteiger partial charge in [-0.15, -0.1) is 0 Å². The molecule has 1 aromatic carbocycles. The van der Waals surface area contributed by atoms with Crippen molar-refractivity contribution >= 4 is 27.3 Å². The van der Waals surface area contributed by atoms with E-state index < -0.39 is 20.5 Å². The summed E-state index contributed by atoms with van der Waals surface area (Å²) in [5, 5.41) is 20.7. The molecular formula is C12H15ClN2O5S. The first-order chi connectivity index (χ1) is 9.63. The number of nitro groups is 1. The van der Waals surface area contributed by atoms with Gasteiger partial charge in [-0.2, -0.15) is 4.31 Å². The van der Waals surface area contributed by atoms with Gasteiger partial charge in [-0.25, -0.2) is 8.42 Å². The largest absolute Gasteiger partial charge is 0.389 e. The molecule has 0 bridgehead atoms. The number of aliphatic hydroxyl groups is 1. The van der Waals surface area contributed by atoms with E-state index in [2.05, 4.69) is 0 Å². The van der Waals surface area contributed by atoms with Gasteiger partial charge in [-0.1, -0.05) is 11.6 Å². The molecule has 0 spiro atoms. The fourth-order valence-electron chi connectivity index (χ4n) is 2.32. The third kappa shape index (κ3) is 3.34. The van der Waals surface area contributed by atoms with Crippen LogP contribution in [-0.4, -0.2) is 41.4 Å². The molecule has 1 atom stereocenters. The molecule has 1 unspecified atom stereocenters. The Morgan fingerprint density at radius 1 is 1.48 bits per heavy atom. The highest BCUT2D eigenvalue weighted by molar-refractivity contribution is 7.89. The average molecular weight is 335 g/mol. The zero-order valence-corrected chi connectivity index (χ0v) is 12.9. The number of non-ortho nitro benzene ring substituents is 1. The van der Waals surface area contributed by atoms with Gasteiger partial charge in [0, 0.05) is 25.2 Å². The molecule has 0 saturated carbocycles. The molecule has 1 aromatic rings. The average Bonchev–Trinajstić information content (AvgIpc) is 2.37. The number of nitro benzene ring substituents is 1. The predicted octanol–water partition coefficient (Wildman–Crippen LogP) is 1.78. The minimum Gasteiger partial charge on any atom is -0.389 e. The number of hydrogen-bond acceptors (Lipinski definition) is 5. The summed E-state index contributed by atoms with van der Waals surface area (Å²) in [5.41, 5.74) is -1.46. The standard InChI is InChI=1S/C12H15ClN2O5S/c1-12(16)5-2-6-14(8-12)21(19,20)11-7-9(15(17)18)3-4-10(11)13/h3-4,7,16H,2,5-6,8H2,1H3. The van der Waals surface area contributed by atoms with Crippen LogP contribution >= 0.6 is 11.6 Å². The maximum Gasteiger partial charge on any atom is 0.270 e. The molecule has 1 aliphatic heterocycles. The lowest BCUT2D eigenvalue weighted by atomic mass is 9.97. The second kappa shape index (κ2) is 5.53. The van der Waals surface area contributed by atoms with Crippen molar-refractivity contribution in [2.45, 2.75) is 30.3 Å². The van der Waals surface area contributed by atoms with Gasteiger partial charge in [-0.3, -0.25) is 10.1 Å². The van der Waals surface area contributed by atoms with Crippen LogP contribution in [0.3, 0.4) is 0 Å². The van der Waals surface area contributed by atoms with Gasteiger partial charge in [0.05, 0.1) is 15.5 Å². The van der Waals surface area contributed by atoms with Gasteiger partial charge < -0.3 is 5.11 Å². The molecule has 1 saturated heterocycles. The lowest BCUT2D eigenvalue weighted by molar-refractivity contribution is -0.385. The summed E-state index contributed by atoms with van der Waals surface area (Å²) in [6.45, 7) is 1.75. The molecule has 21 heavy (non-hydrogen) atoms. The molecule has 116 valence electrons. The van der Waals surface area contributed by atoms with E-state index in [0.29, 0.717) is 12.8 Å². The van der Waals surface area contributed by atoms with Gasteiger partial charge in [0.15, 0.2) is 0 Å². The van der Waals surface area contributed by atoms with E-state index in [0.717, 1.165) is 16.4 Å². The van der Waals surface area contributed by atoms with E-state index in [9.17, 15) is 23.6 Å². The minimum atomic E-state index is -3.98. The number of sulfonamides is 1. The number of β-amino-alcohol motifs (C(OH)–C–C–N with tert-alkyl or cyclic N) is 1. The zero-order chi connectivity index (χ0) is 15.8. The summed E-state index contributed by atoms with van der Waals surface area (Å²) >= 11 is 5.88. The van der Waals surface area contributed by atoms with Crippen LogP contribution in [-0.2, 0) is 10.0 Å². The second-order valence-corrected chi connectivity index (χ2v) is 7.62. The van der Waals surface area contributed by atoms with Crippen molar-refractivity contribution in [2.24, 2.45) is 0 Å². The first-order valence-electron chi connectivity index (χ1n) is 6.30. The molecule has 0 aromatic heterocycles. The summed E-state index contributed by atoms with van der Waals surface area (Å²) in [5.74, 6) is 0. The van der Waals surface area contributed by atoms with E-state index in [-0.39, 0.29) is 28.7 Å². The monoisotopic (exact) mass is 334 g/mol. The van der Waals surface area contributed by atoms with Gasteiger partial charge in [0.25, 0.3) is 5.69 Å². The minimum absolute atomic E-state index is 0.0612. The molecule has 2 rings (SSSR count). The van der Waals surface area contributed by atoms with Crippen LogP contribution < -0.4 is 0 Å². The Kier molecular flexibility index (Phi) is 4.25. The number of piperidine rings is 1. The smallest absolute Gasteiger partial charge is 0.270 e. The van der Waals surface area contributed by atoms with E-state index in [1.165, 1.54) is 6.07 Å². The number of nitrogens with zero attached hydrogens (tertiary/aromatic N) is 2. The Hall–Kier alpha value is -1.22. The highest BCUT2D eigenvalue weighted by Crippen LogP contribution is 2.31. The molecular weight excluding hydrogens is 320 g/mol. The van der Waals surface area contributed by atoms with Crippen molar-refractivity contribution in [2.75, 3.05) is 13.1 Å². The maximum atomic E-state index is 12.6. The van der Waals surface area contributed by atoms with Crippen LogP contribution in [0.15, 0.2) is 23.1 Å². The van der Waals surface area contributed by atoms with Crippen LogP contribution in [0.5, 0.6) is 0 Å². The molecule has 0 aliphatic carbocycles. The highest BCUT2D eigenvalue weighted by Gasteiger charge is 2.36. The van der Waals surface area contributed by atoms with Gasteiger partial charge in [-0.05, 0) is 25.8 Å². The number of rotatable bonds is 3. The fourth-order valence-corrected chi connectivity index (χ4v) is 4.41. The number of halogens is 1. The van der Waals surface area contributed by atoms with Crippen LogP contribution in [0, 0.1) is 10.1 Å². The number of benzene rings is 1. The zero-order valence-electron chi connectivity index (χ0n) is 11.3. The summed E-state index contributed by atoms with van der Waals surface area (Å²) in [6, 6.07) is 3.28. The summed E-state index contributed by atoms with van der Waals surface area (Å²) < 4.78 is 26.3. The van der Waals surface area contributed by atoms with E-state index in [4.69, 9.17) is 11.6 Å². The van der Waals surface area contributed by atoms with E-state index in [1.54, 1.807) is 6.92 Å². The Balaban J connectivity index is 2.44. The van der Waals surface area contributed by atoms with Crippen molar-refractivity contribution in [3.8, 4) is 0 Å². The molecule has 1 heterocycles. The topological polar surface area (TPSA) is 101 Å². The third-order valence-electron chi connectivity index (χ3n) is 3.38. The normalized spacial score (nSPS) is 24.0. The van der Waals surface area contributed by atoms with Crippen molar-refractivity contribution in [1.29, 1.82) is 0 Å². The Labute approximate surface area is 127 Å². The summed E-state index contributed by atoms with van der Waals surface area (Å²) in [6.07, 6.45) is 1.01. The molecule has 1 N–H and O–H groups in total. The van der Waals surface area contributed by atoms with Crippen LogP contribution in [0.1, 0.15) is 19.8 Å². The molecule has 0 radical (unpaired) electrons. The fraction of sp³-hybridized carbons (Fsp3) is 0.500. The lowest BCUT2D eigenvalue weighted by Gasteiger charge is -2.36. The molecule has 9 heteroatoms. The Morgan fingerprint density at radius 3 is 2.71 bits per heavy atom. The highest BCUT2D eigenvalue weighted by atomic mass is 35.5. The first kappa shape index (κ1) is 16.2. The lowest BCUT2D eigenvalue weighted by Crippen LogP contribution is -2.48. The summed E-state index contributed by atoms with van der Waals surface area (Å²) in [7, 11) is -3.98. The summed E-state index contributed by atoms with van der Waals surface area (Å²) in [4.78, 5) is 9.80. The van der Waals surface area contributed by atoms with Gasteiger partial charge >= 0.3 is 0 Å². The molecule has 7 nitrogen and oxygen atoms in total. The molecule has 1 aliphatic rings. The van der Waals surface area contributed by atoms with Gasteiger partial charge in [0.2, 0.25) is 10.0 Å². The van der Waals surface area contributed by atoms with Crippen molar-refractivity contribution in [3.63, 3.8) is 0 Å². The molecule has 0 amide bonds. The molecule has 1 fully saturated rings. The van der Waals surface area contributed by atoms with Crippen LogP contribution in [0.4, 0.5) is 5.69 Å². The Morgan fingerprint density at radius 2 is 2.14 bits per heavy atom. The van der Waals surface area contributed by atoms with E-state index in [1.807, 2.05) is 0 Å². The van der Waals surface area contributed by atoms with Crippen LogP contribution in [0.25, 0.3) is 0 Å². The second-order valence-electron chi connectivity index (χ2n) is 5.31. The maximum absolute atomic E-state index is 12.6.